The van der Waals surface area contributed by atoms with Crippen LogP contribution in [0.5, 0.6) is 0 Å². The van der Waals surface area contributed by atoms with E-state index in [9.17, 15) is 4.79 Å². The van der Waals surface area contributed by atoms with Crippen molar-refractivity contribution in [2.24, 2.45) is 11.8 Å². The summed E-state index contributed by atoms with van der Waals surface area (Å²) in [6.45, 7) is 9.55. The first-order chi connectivity index (χ1) is 9.16. The third-order valence-electron chi connectivity index (χ3n) is 5.31. The predicted octanol–water partition coefficient (Wildman–Crippen LogP) is 0.927. The number of hydrogen-bond acceptors (Lipinski definition) is 3. The van der Waals surface area contributed by atoms with Crippen molar-refractivity contribution < 1.29 is 4.79 Å². The molecule has 0 saturated carbocycles. The van der Waals surface area contributed by atoms with Crippen molar-refractivity contribution in [3.05, 3.63) is 0 Å². The largest absolute Gasteiger partial charge is 0.337 e. The molecule has 1 amide bonds. The van der Waals surface area contributed by atoms with Crippen molar-refractivity contribution in [3.63, 3.8) is 0 Å². The topological polar surface area (TPSA) is 35.6 Å². The smallest absolute Gasteiger partial charge is 0.227 e. The van der Waals surface area contributed by atoms with Crippen LogP contribution < -0.4 is 5.32 Å². The third-order valence-corrected chi connectivity index (χ3v) is 5.31. The lowest BCUT2D eigenvalue weighted by atomic mass is 9.92. The number of nitrogens with one attached hydrogen (secondary N) is 1. The van der Waals surface area contributed by atoms with Crippen molar-refractivity contribution >= 4 is 5.91 Å². The Kier molecular flexibility index (Phi) is 3.81. The molecule has 4 nitrogen and oxygen atoms in total. The lowest BCUT2D eigenvalue weighted by Gasteiger charge is -2.48. The van der Waals surface area contributed by atoms with Gasteiger partial charge in [0.25, 0.3) is 0 Å². The molecule has 3 fully saturated rings. The Balaban J connectivity index is 1.68. The lowest BCUT2D eigenvalue weighted by molar-refractivity contribution is -0.143. The maximum atomic E-state index is 12.8. The lowest BCUT2D eigenvalue weighted by Crippen LogP contribution is -2.61. The maximum Gasteiger partial charge on any atom is 0.227 e. The van der Waals surface area contributed by atoms with E-state index in [2.05, 4.69) is 29.0 Å². The second-order valence-electron chi connectivity index (χ2n) is 6.73. The number of piperazine rings is 1. The molecule has 3 heterocycles. The summed E-state index contributed by atoms with van der Waals surface area (Å²) in [7, 11) is 0. The monoisotopic (exact) mass is 265 g/mol. The Bertz CT molecular complexity index is 346. The molecule has 4 atom stereocenters. The number of carbonyl (C=O) groups is 1. The van der Waals surface area contributed by atoms with Gasteiger partial charge in [-0.2, -0.15) is 0 Å². The zero-order valence-corrected chi connectivity index (χ0v) is 12.3. The number of piperidine rings is 1. The highest BCUT2D eigenvalue weighted by molar-refractivity contribution is 5.80. The minimum absolute atomic E-state index is 0.206. The van der Waals surface area contributed by atoms with Crippen molar-refractivity contribution in [2.45, 2.75) is 45.2 Å². The van der Waals surface area contributed by atoms with Gasteiger partial charge in [0, 0.05) is 31.7 Å². The first kappa shape index (κ1) is 13.4. The molecule has 108 valence electrons. The summed E-state index contributed by atoms with van der Waals surface area (Å²) in [5.74, 6) is 1.09. The molecule has 0 radical (unpaired) electrons. The molecule has 1 N–H and O–H groups in total. The minimum Gasteiger partial charge on any atom is -0.337 e. The average molecular weight is 265 g/mol. The van der Waals surface area contributed by atoms with Gasteiger partial charge in [-0.1, -0.05) is 13.3 Å². The number of hydrogen-bond donors (Lipinski definition) is 1. The standard InChI is InChI=1S/C15H27N3O/c1-11-7-16-8-14(11)15(19)18-10-13-5-3-4-6-17(13)9-12(18)2/h11-14,16H,3-10H2,1-2H3/t11-,12?,13?,14-/m1/s1. The summed E-state index contributed by atoms with van der Waals surface area (Å²) in [6.07, 6.45) is 3.94. The van der Waals surface area contributed by atoms with Gasteiger partial charge >= 0.3 is 0 Å². The molecule has 2 unspecified atom stereocenters. The van der Waals surface area contributed by atoms with Gasteiger partial charge in [-0.15, -0.1) is 0 Å². The van der Waals surface area contributed by atoms with Crippen LogP contribution in [0.4, 0.5) is 0 Å². The quantitative estimate of drug-likeness (QED) is 0.766. The van der Waals surface area contributed by atoms with Crippen LogP contribution in [-0.4, -0.2) is 60.5 Å². The van der Waals surface area contributed by atoms with E-state index in [0.29, 0.717) is 23.9 Å². The highest BCUT2D eigenvalue weighted by Crippen LogP contribution is 2.27. The maximum absolute atomic E-state index is 12.8. The Morgan fingerprint density at radius 3 is 2.74 bits per heavy atom. The Morgan fingerprint density at radius 1 is 1.16 bits per heavy atom. The van der Waals surface area contributed by atoms with Crippen LogP contribution in [0.15, 0.2) is 0 Å². The second-order valence-corrected chi connectivity index (χ2v) is 6.73. The van der Waals surface area contributed by atoms with E-state index in [1.807, 2.05) is 0 Å². The molecule has 0 aromatic rings. The molecule has 0 spiro atoms. The fraction of sp³-hybridized carbons (Fsp3) is 0.933. The summed E-state index contributed by atoms with van der Waals surface area (Å²) in [4.78, 5) is 17.5. The summed E-state index contributed by atoms with van der Waals surface area (Å²) >= 11 is 0. The molecular formula is C15H27N3O. The van der Waals surface area contributed by atoms with E-state index in [4.69, 9.17) is 0 Å². The average Bonchev–Trinajstić information content (AvgIpc) is 2.83. The zero-order chi connectivity index (χ0) is 13.4. The van der Waals surface area contributed by atoms with Crippen LogP contribution >= 0.6 is 0 Å². The zero-order valence-electron chi connectivity index (χ0n) is 12.3. The molecule has 0 bridgehead atoms. The molecule has 19 heavy (non-hydrogen) atoms. The van der Waals surface area contributed by atoms with Gasteiger partial charge in [-0.05, 0) is 38.8 Å². The van der Waals surface area contributed by atoms with Gasteiger partial charge < -0.3 is 10.2 Å². The van der Waals surface area contributed by atoms with Gasteiger partial charge in [0.2, 0.25) is 5.91 Å². The fourth-order valence-electron chi connectivity index (χ4n) is 4.01. The second kappa shape index (κ2) is 5.41. The molecule has 3 saturated heterocycles. The highest BCUT2D eigenvalue weighted by atomic mass is 16.2. The molecule has 4 heteroatoms. The van der Waals surface area contributed by atoms with Crippen LogP contribution in [0.2, 0.25) is 0 Å². The van der Waals surface area contributed by atoms with Crippen LogP contribution in [0, 0.1) is 11.8 Å². The summed E-state index contributed by atoms with van der Waals surface area (Å²) < 4.78 is 0. The third kappa shape index (κ3) is 2.52. The van der Waals surface area contributed by atoms with E-state index in [0.717, 1.165) is 26.2 Å². The molecule has 3 aliphatic rings. The summed E-state index contributed by atoms with van der Waals surface area (Å²) in [5.41, 5.74) is 0. The van der Waals surface area contributed by atoms with Gasteiger partial charge in [-0.25, -0.2) is 0 Å². The number of carbonyl (C=O) groups excluding carboxylic acids is 1. The van der Waals surface area contributed by atoms with E-state index >= 15 is 0 Å². The molecule has 0 aromatic heterocycles. The van der Waals surface area contributed by atoms with Crippen molar-refractivity contribution in [1.82, 2.24) is 15.1 Å². The molecule has 0 aromatic carbocycles. The Morgan fingerprint density at radius 2 is 2.00 bits per heavy atom. The SMILES string of the molecule is CC1CN2CCCCC2CN1C(=O)[C@@H]1CNC[C@H]1C. The van der Waals surface area contributed by atoms with Crippen LogP contribution in [0.25, 0.3) is 0 Å². The van der Waals surface area contributed by atoms with E-state index in [1.54, 1.807) is 0 Å². The van der Waals surface area contributed by atoms with Gasteiger partial charge in [0.15, 0.2) is 0 Å². The first-order valence-corrected chi connectivity index (χ1v) is 7.92. The van der Waals surface area contributed by atoms with Crippen molar-refractivity contribution in [2.75, 3.05) is 32.7 Å². The van der Waals surface area contributed by atoms with Crippen molar-refractivity contribution in [3.8, 4) is 0 Å². The minimum atomic E-state index is 0.206. The van der Waals surface area contributed by atoms with Gasteiger partial charge in [0.05, 0.1) is 5.92 Å². The normalized spacial score (nSPS) is 40.2. The van der Waals surface area contributed by atoms with Crippen LogP contribution in [0.3, 0.4) is 0 Å². The molecule has 3 aliphatic heterocycles. The molecular weight excluding hydrogens is 238 g/mol. The first-order valence-electron chi connectivity index (χ1n) is 7.92. The number of rotatable bonds is 1. The number of fused-ring (bicyclic) bond motifs is 1. The van der Waals surface area contributed by atoms with E-state index in [1.165, 1.54) is 25.8 Å². The fourth-order valence-corrected chi connectivity index (χ4v) is 4.01. The molecule has 0 aliphatic carbocycles. The Labute approximate surface area is 116 Å². The van der Waals surface area contributed by atoms with E-state index in [-0.39, 0.29) is 5.92 Å². The summed E-state index contributed by atoms with van der Waals surface area (Å²) in [6, 6.07) is 1.01. The molecule has 3 rings (SSSR count). The predicted molar refractivity (Wildman–Crippen MR) is 75.9 cm³/mol. The number of amides is 1. The van der Waals surface area contributed by atoms with Crippen LogP contribution in [0.1, 0.15) is 33.1 Å². The number of nitrogens with zero attached hydrogens (tertiary/aromatic N) is 2. The van der Waals surface area contributed by atoms with Gasteiger partial charge in [0.1, 0.15) is 0 Å². The Hall–Kier alpha value is -0.610. The summed E-state index contributed by atoms with van der Waals surface area (Å²) in [5, 5.41) is 3.36. The van der Waals surface area contributed by atoms with Gasteiger partial charge in [-0.3, -0.25) is 9.69 Å². The van der Waals surface area contributed by atoms with Crippen LogP contribution in [-0.2, 0) is 4.79 Å². The highest BCUT2D eigenvalue weighted by Gasteiger charge is 2.39. The van der Waals surface area contributed by atoms with Crippen molar-refractivity contribution in [1.29, 1.82) is 0 Å². The van der Waals surface area contributed by atoms with E-state index < -0.39 is 0 Å².